The monoisotopic (exact) mass is 347 g/mol. The second-order valence-corrected chi connectivity index (χ2v) is 8.38. The fourth-order valence-corrected chi connectivity index (χ4v) is 3.30. The molecule has 0 radical (unpaired) electrons. The van der Waals surface area contributed by atoms with Gasteiger partial charge in [-0.15, -0.1) is 0 Å². The minimum atomic E-state index is -2.94. The molecule has 2 N–H and O–H groups in total. The minimum absolute atomic E-state index is 0.131. The summed E-state index contributed by atoms with van der Waals surface area (Å²) in [5, 5.41) is 6.19. The maximum Gasteiger partial charge on any atom is 0.191 e. The minimum Gasteiger partial charge on any atom is -0.376 e. The Kier molecular flexibility index (Phi) is 10.3. The van der Waals surface area contributed by atoms with E-state index in [1.54, 1.807) is 6.92 Å². The average molecular weight is 348 g/mol. The van der Waals surface area contributed by atoms with Crippen molar-refractivity contribution in [3.63, 3.8) is 0 Å². The van der Waals surface area contributed by atoms with Crippen molar-refractivity contribution >= 4 is 15.8 Å². The van der Waals surface area contributed by atoms with Gasteiger partial charge in [0.15, 0.2) is 15.8 Å². The van der Waals surface area contributed by atoms with Crippen LogP contribution in [0.25, 0.3) is 0 Å². The van der Waals surface area contributed by atoms with Gasteiger partial charge in [-0.1, -0.05) is 32.6 Å². The summed E-state index contributed by atoms with van der Waals surface area (Å²) in [6.07, 6.45) is 7.90. The third kappa shape index (κ3) is 9.81. The summed E-state index contributed by atoms with van der Waals surface area (Å²) < 4.78 is 28.9. The molecule has 0 saturated heterocycles. The molecule has 0 aromatic carbocycles. The molecule has 0 heterocycles. The number of aliphatic imine (C=N–C) groups is 1. The molecule has 1 saturated carbocycles. The molecule has 0 amide bonds. The highest BCUT2D eigenvalue weighted by molar-refractivity contribution is 7.91. The number of rotatable bonds is 9. The fourth-order valence-electron chi connectivity index (χ4n) is 2.60. The van der Waals surface area contributed by atoms with Crippen molar-refractivity contribution in [1.29, 1.82) is 0 Å². The molecule has 136 valence electrons. The summed E-state index contributed by atoms with van der Waals surface area (Å²) in [5.74, 6) is 0.965. The standard InChI is InChI=1S/C16H33N3O3S/c1-3-17-16(19-12-14-23(20,21)4-2)18-11-13-22-15-9-7-5-6-8-10-15/h15H,3-14H2,1-2H3,(H2,17,18,19). The van der Waals surface area contributed by atoms with Gasteiger partial charge in [0.2, 0.25) is 0 Å². The molecule has 0 aromatic rings. The summed E-state index contributed by atoms with van der Waals surface area (Å²) in [7, 11) is -2.94. The van der Waals surface area contributed by atoms with Crippen LogP contribution < -0.4 is 10.6 Å². The SMILES string of the molecule is CCNC(=NCCOC1CCCCCC1)NCCS(=O)(=O)CC. The number of guanidine groups is 1. The Morgan fingerprint density at radius 3 is 2.43 bits per heavy atom. The Bertz CT molecular complexity index is 430. The third-order valence-electron chi connectivity index (χ3n) is 4.01. The lowest BCUT2D eigenvalue weighted by Gasteiger charge is -2.15. The molecule has 1 aliphatic carbocycles. The van der Waals surface area contributed by atoms with Crippen molar-refractivity contribution in [3.8, 4) is 0 Å². The van der Waals surface area contributed by atoms with E-state index in [1.165, 1.54) is 25.7 Å². The summed E-state index contributed by atoms with van der Waals surface area (Å²) in [5.41, 5.74) is 0. The molecular weight excluding hydrogens is 314 g/mol. The summed E-state index contributed by atoms with van der Waals surface area (Å²) >= 11 is 0. The van der Waals surface area contributed by atoms with Crippen LogP contribution in [0.15, 0.2) is 4.99 Å². The van der Waals surface area contributed by atoms with Crippen molar-refractivity contribution < 1.29 is 13.2 Å². The van der Waals surface area contributed by atoms with Crippen LogP contribution in [0.5, 0.6) is 0 Å². The van der Waals surface area contributed by atoms with E-state index in [0.717, 1.165) is 19.4 Å². The van der Waals surface area contributed by atoms with Crippen LogP contribution in [0.4, 0.5) is 0 Å². The van der Waals surface area contributed by atoms with E-state index in [9.17, 15) is 8.42 Å². The van der Waals surface area contributed by atoms with Crippen molar-refractivity contribution in [2.45, 2.75) is 58.5 Å². The molecule has 0 unspecified atom stereocenters. The lowest BCUT2D eigenvalue weighted by atomic mass is 10.1. The molecule has 0 aliphatic heterocycles. The van der Waals surface area contributed by atoms with Crippen LogP contribution in [-0.4, -0.2) is 58.2 Å². The van der Waals surface area contributed by atoms with Gasteiger partial charge in [-0.3, -0.25) is 4.99 Å². The normalized spacial score (nSPS) is 17.7. The van der Waals surface area contributed by atoms with Gasteiger partial charge in [0.05, 0.1) is 25.0 Å². The predicted molar refractivity (Wildman–Crippen MR) is 95.8 cm³/mol. The van der Waals surface area contributed by atoms with Crippen molar-refractivity contribution in [1.82, 2.24) is 10.6 Å². The van der Waals surface area contributed by atoms with Crippen molar-refractivity contribution in [3.05, 3.63) is 0 Å². The molecule has 7 heteroatoms. The second kappa shape index (κ2) is 11.7. The summed E-state index contributed by atoms with van der Waals surface area (Å²) in [6, 6.07) is 0. The highest BCUT2D eigenvalue weighted by Crippen LogP contribution is 2.19. The van der Waals surface area contributed by atoms with E-state index in [0.29, 0.717) is 31.8 Å². The summed E-state index contributed by atoms with van der Waals surface area (Å²) in [6.45, 7) is 5.99. The van der Waals surface area contributed by atoms with Crippen LogP contribution in [0, 0.1) is 0 Å². The van der Waals surface area contributed by atoms with Crippen LogP contribution in [0.2, 0.25) is 0 Å². The van der Waals surface area contributed by atoms with Crippen molar-refractivity contribution in [2.75, 3.05) is 37.7 Å². The quantitative estimate of drug-likeness (QED) is 0.287. The third-order valence-corrected chi connectivity index (χ3v) is 5.71. The van der Waals surface area contributed by atoms with E-state index in [4.69, 9.17) is 4.74 Å². The van der Waals surface area contributed by atoms with E-state index in [-0.39, 0.29) is 11.5 Å². The van der Waals surface area contributed by atoms with Crippen LogP contribution in [0.1, 0.15) is 52.4 Å². The van der Waals surface area contributed by atoms with E-state index < -0.39 is 9.84 Å². The Hall–Kier alpha value is -0.820. The first-order valence-electron chi connectivity index (χ1n) is 8.91. The zero-order chi connectivity index (χ0) is 17.0. The van der Waals surface area contributed by atoms with Gasteiger partial charge >= 0.3 is 0 Å². The topological polar surface area (TPSA) is 79.8 Å². The van der Waals surface area contributed by atoms with Crippen molar-refractivity contribution in [2.24, 2.45) is 4.99 Å². The maximum absolute atomic E-state index is 11.5. The molecule has 1 rings (SSSR count). The molecule has 1 fully saturated rings. The lowest BCUT2D eigenvalue weighted by Crippen LogP contribution is -2.40. The molecule has 0 aromatic heterocycles. The molecule has 6 nitrogen and oxygen atoms in total. The number of nitrogens with zero attached hydrogens (tertiary/aromatic N) is 1. The largest absolute Gasteiger partial charge is 0.376 e. The van der Waals surface area contributed by atoms with E-state index in [1.807, 2.05) is 6.92 Å². The first-order chi connectivity index (χ1) is 11.1. The second-order valence-electron chi connectivity index (χ2n) is 5.91. The highest BCUT2D eigenvalue weighted by Gasteiger charge is 2.12. The van der Waals surface area contributed by atoms with E-state index >= 15 is 0 Å². The molecule has 0 bridgehead atoms. The van der Waals surface area contributed by atoms with Gasteiger partial charge in [0, 0.05) is 18.8 Å². The Morgan fingerprint density at radius 2 is 1.83 bits per heavy atom. The summed E-state index contributed by atoms with van der Waals surface area (Å²) in [4.78, 5) is 4.44. The number of sulfone groups is 1. The lowest BCUT2D eigenvalue weighted by molar-refractivity contribution is 0.0487. The maximum atomic E-state index is 11.5. The Morgan fingerprint density at radius 1 is 1.13 bits per heavy atom. The van der Waals surface area contributed by atoms with Crippen LogP contribution in [-0.2, 0) is 14.6 Å². The molecule has 0 spiro atoms. The van der Waals surface area contributed by atoms with Crippen LogP contribution >= 0.6 is 0 Å². The van der Waals surface area contributed by atoms with E-state index in [2.05, 4.69) is 15.6 Å². The van der Waals surface area contributed by atoms with Gasteiger partial charge in [0.1, 0.15) is 0 Å². The Labute approximate surface area is 141 Å². The predicted octanol–water partition coefficient (Wildman–Crippen LogP) is 1.72. The first kappa shape index (κ1) is 20.2. The number of hydrogen-bond acceptors (Lipinski definition) is 4. The Balaban J connectivity index is 2.27. The fraction of sp³-hybridized carbons (Fsp3) is 0.938. The zero-order valence-electron chi connectivity index (χ0n) is 14.6. The molecule has 0 atom stereocenters. The number of nitrogens with one attached hydrogen (secondary N) is 2. The molecule has 1 aliphatic rings. The first-order valence-corrected chi connectivity index (χ1v) is 10.7. The van der Waals surface area contributed by atoms with Gasteiger partial charge in [0.25, 0.3) is 0 Å². The average Bonchev–Trinajstić information content (AvgIpc) is 2.80. The number of hydrogen-bond donors (Lipinski definition) is 2. The zero-order valence-corrected chi connectivity index (χ0v) is 15.5. The van der Waals surface area contributed by atoms with Gasteiger partial charge in [-0.2, -0.15) is 0 Å². The highest BCUT2D eigenvalue weighted by atomic mass is 32.2. The van der Waals surface area contributed by atoms with Gasteiger partial charge in [-0.05, 0) is 19.8 Å². The molecule has 23 heavy (non-hydrogen) atoms. The van der Waals surface area contributed by atoms with Crippen LogP contribution in [0.3, 0.4) is 0 Å². The van der Waals surface area contributed by atoms with Gasteiger partial charge in [-0.25, -0.2) is 8.42 Å². The molecular formula is C16H33N3O3S. The number of ether oxygens (including phenoxy) is 1. The van der Waals surface area contributed by atoms with Gasteiger partial charge < -0.3 is 15.4 Å². The smallest absolute Gasteiger partial charge is 0.191 e.